The molecule has 12 rings (SSSR count). The Morgan fingerprint density at radius 3 is 1.30 bits per heavy atom. The molecule has 0 aliphatic carbocycles. The minimum Gasteiger partial charge on any atom is -0.135 e. The Kier molecular flexibility index (Phi) is 6.48. The second kappa shape index (κ2) is 11.6. The molecular formula is C52H30S2. The minimum absolute atomic E-state index is 1.24. The Hall–Kier alpha value is -6.32. The van der Waals surface area contributed by atoms with E-state index in [4.69, 9.17) is 0 Å². The van der Waals surface area contributed by atoms with E-state index >= 15 is 0 Å². The zero-order valence-electron chi connectivity index (χ0n) is 29.1. The molecule has 0 amide bonds. The molecule has 2 heteroatoms. The van der Waals surface area contributed by atoms with E-state index in [0.717, 1.165) is 0 Å². The molecule has 0 bridgehead atoms. The molecule has 2 aromatic heterocycles. The van der Waals surface area contributed by atoms with Gasteiger partial charge < -0.3 is 0 Å². The quantitative estimate of drug-likeness (QED) is 0.160. The maximum absolute atomic E-state index is 2.45. The van der Waals surface area contributed by atoms with E-state index < -0.39 is 0 Å². The van der Waals surface area contributed by atoms with Crippen molar-refractivity contribution in [3.8, 4) is 33.4 Å². The Morgan fingerprint density at radius 2 is 0.667 bits per heavy atom. The van der Waals surface area contributed by atoms with E-state index in [1.165, 1.54) is 117 Å². The summed E-state index contributed by atoms with van der Waals surface area (Å²) in [6.45, 7) is 0. The first-order valence-corrected chi connectivity index (χ1v) is 20.1. The van der Waals surface area contributed by atoms with E-state index in [1.54, 1.807) is 0 Å². The molecule has 0 atom stereocenters. The molecule has 2 heterocycles. The van der Waals surface area contributed by atoms with Crippen LogP contribution in [0.5, 0.6) is 0 Å². The van der Waals surface area contributed by atoms with E-state index in [0.29, 0.717) is 0 Å². The van der Waals surface area contributed by atoms with Crippen molar-refractivity contribution in [1.82, 2.24) is 0 Å². The van der Waals surface area contributed by atoms with E-state index in [-0.39, 0.29) is 0 Å². The van der Waals surface area contributed by atoms with Crippen LogP contribution in [-0.4, -0.2) is 0 Å². The third kappa shape index (κ3) is 4.54. The molecule has 0 saturated carbocycles. The van der Waals surface area contributed by atoms with Crippen molar-refractivity contribution in [3.63, 3.8) is 0 Å². The van der Waals surface area contributed by atoms with Crippen LogP contribution in [0.15, 0.2) is 182 Å². The number of benzene rings is 10. The highest BCUT2D eigenvalue weighted by Crippen LogP contribution is 2.47. The molecule has 0 spiro atoms. The second-order valence-electron chi connectivity index (χ2n) is 14.4. The molecule has 0 aliphatic heterocycles. The molecule has 0 fully saturated rings. The fraction of sp³-hybridized carbons (Fsp3) is 0. The summed E-state index contributed by atoms with van der Waals surface area (Å²) in [6.07, 6.45) is 0. The lowest BCUT2D eigenvalue weighted by atomic mass is 9.85. The predicted molar refractivity (Wildman–Crippen MR) is 239 cm³/mol. The molecule has 0 N–H and O–H groups in total. The van der Waals surface area contributed by atoms with E-state index in [2.05, 4.69) is 182 Å². The first-order chi connectivity index (χ1) is 26.7. The van der Waals surface area contributed by atoms with Crippen LogP contribution >= 0.6 is 22.7 Å². The number of hydrogen-bond donors (Lipinski definition) is 0. The van der Waals surface area contributed by atoms with Gasteiger partial charge in [-0.05, 0) is 131 Å². The van der Waals surface area contributed by atoms with Gasteiger partial charge in [0, 0.05) is 40.3 Å². The van der Waals surface area contributed by atoms with Gasteiger partial charge in [0.25, 0.3) is 0 Å². The van der Waals surface area contributed by atoms with Crippen LogP contribution in [-0.2, 0) is 0 Å². The third-order valence-electron chi connectivity index (χ3n) is 11.4. The molecule has 0 unspecified atom stereocenters. The van der Waals surface area contributed by atoms with Crippen LogP contribution in [0.25, 0.3) is 117 Å². The highest BCUT2D eigenvalue weighted by molar-refractivity contribution is 7.26. The van der Waals surface area contributed by atoms with Gasteiger partial charge in [-0.3, -0.25) is 0 Å². The molecular weight excluding hydrogens is 689 g/mol. The maximum atomic E-state index is 2.45. The van der Waals surface area contributed by atoms with Crippen molar-refractivity contribution in [2.24, 2.45) is 0 Å². The normalized spacial score (nSPS) is 12.1. The van der Waals surface area contributed by atoms with Crippen molar-refractivity contribution >= 4 is 106 Å². The van der Waals surface area contributed by atoms with Gasteiger partial charge in [-0.15, -0.1) is 22.7 Å². The standard InChI is InChI=1S/C52H30S2/c1-2-10-31(11-3-1)32-18-19-34-25-35(21-20-33(34)24-32)51-40-13-4-6-15-42(40)52(43-16-7-5-14-41(43)51)36-22-23-48-45(26-36)46-28-38-29-49-44(27-37(38)30-50(46)54-48)39-12-8-9-17-47(39)53-49/h1-30H. The number of fused-ring (bicyclic) bond motifs is 10. The molecule has 12 aromatic rings. The first kappa shape index (κ1) is 30.2. The number of rotatable bonds is 3. The molecule has 250 valence electrons. The SMILES string of the molecule is c1ccc(-c2ccc3cc(-c4c5ccccc5c(-c5ccc6sc7cc8cc9c(cc8cc7c6c5)sc5ccccc59)c5ccccc45)ccc3c2)cc1. The summed E-state index contributed by atoms with van der Waals surface area (Å²) in [5, 5.41) is 15.6. The summed E-state index contributed by atoms with van der Waals surface area (Å²) in [5.41, 5.74) is 7.58. The number of thiophene rings is 2. The fourth-order valence-corrected chi connectivity index (χ4v) is 11.1. The Balaban J connectivity index is 1.05. The summed E-state index contributed by atoms with van der Waals surface area (Å²) in [4.78, 5) is 0. The Bertz CT molecular complexity index is 3430. The Labute approximate surface area is 319 Å². The average molecular weight is 719 g/mol. The summed E-state index contributed by atoms with van der Waals surface area (Å²) in [7, 11) is 0. The minimum atomic E-state index is 1.24. The van der Waals surface area contributed by atoms with Crippen molar-refractivity contribution in [3.05, 3.63) is 182 Å². The first-order valence-electron chi connectivity index (χ1n) is 18.5. The van der Waals surface area contributed by atoms with E-state index in [1.807, 2.05) is 22.7 Å². The van der Waals surface area contributed by atoms with Crippen molar-refractivity contribution < 1.29 is 0 Å². The molecule has 0 aliphatic rings. The molecule has 0 saturated heterocycles. The summed E-state index contributed by atoms with van der Waals surface area (Å²) in [5.74, 6) is 0. The molecule has 10 aromatic carbocycles. The van der Waals surface area contributed by atoms with Crippen LogP contribution in [0.2, 0.25) is 0 Å². The van der Waals surface area contributed by atoms with Gasteiger partial charge >= 0.3 is 0 Å². The lowest BCUT2D eigenvalue weighted by Gasteiger charge is -2.18. The van der Waals surface area contributed by atoms with Crippen molar-refractivity contribution in [2.75, 3.05) is 0 Å². The summed E-state index contributed by atoms with van der Waals surface area (Å²) >= 11 is 3.79. The number of hydrogen-bond acceptors (Lipinski definition) is 2. The highest BCUT2D eigenvalue weighted by Gasteiger charge is 2.18. The van der Waals surface area contributed by atoms with Gasteiger partial charge in [0.15, 0.2) is 0 Å². The molecule has 54 heavy (non-hydrogen) atoms. The largest absolute Gasteiger partial charge is 0.135 e. The monoisotopic (exact) mass is 718 g/mol. The van der Waals surface area contributed by atoms with Crippen LogP contribution in [0.3, 0.4) is 0 Å². The van der Waals surface area contributed by atoms with Crippen molar-refractivity contribution in [2.45, 2.75) is 0 Å². The van der Waals surface area contributed by atoms with Gasteiger partial charge in [0.2, 0.25) is 0 Å². The average Bonchev–Trinajstić information content (AvgIpc) is 3.77. The predicted octanol–water partition coefficient (Wildman–Crippen LogP) is 16.0. The van der Waals surface area contributed by atoms with E-state index in [9.17, 15) is 0 Å². The smallest absolute Gasteiger partial charge is 0.0361 e. The zero-order valence-corrected chi connectivity index (χ0v) is 30.8. The van der Waals surface area contributed by atoms with Crippen LogP contribution in [0.4, 0.5) is 0 Å². The van der Waals surface area contributed by atoms with Crippen LogP contribution in [0.1, 0.15) is 0 Å². The summed E-state index contributed by atoms with van der Waals surface area (Å²) in [6, 6.07) is 68.0. The summed E-state index contributed by atoms with van der Waals surface area (Å²) < 4.78 is 5.37. The lowest BCUT2D eigenvalue weighted by Crippen LogP contribution is -1.91. The van der Waals surface area contributed by atoms with Crippen LogP contribution < -0.4 is 0 Å². The highest BCUT2D eigenvalue weighted by atomic mass is 32.1. The second-order valence-corrected chi connectivity index (χ2v) is 16.6. The topological polar surface area (TPSA) is 0 Å². The molecule has 0 radical (unpaired) electrons. The zero-order chi connectivity index (χ0) is 35.3. The Morgan fingerprint density at radius 1 is 0.222 bits per heavy atom. The van der Waals surface area contributed by atoms with Gasteiger partial charge in [-0.2, -0.15) is 0 Å². The van der Waals surface area contributed by atoms with Gasteiger partial charge in [-0.25, -0.2) is 0 Å². The van der Waals surface area contributed by atoms with Crippen molar-refractivity contribution in [1.29, 1.82) is 0 Å². The third-order valence-corrected chi connectivity index (χ3v) is 13.6. The molecule has 0 nitrogen and oxygen atoms in total. The van der Waals surface area contributed by atoms with Gasteiger partial charge in [-0.1, -0.05) is 127 Å². The van der Waals surface area contributed by atoms with Crippen LogP contribution in [0, 0.1) is 0 Å². The fourth-order valence-electron chi connectivity index (χ4n) is 8.86. The maximum Gasteiger partial charge on any atom is 0.0361 e. The van der Waals surface area contributed by atoms with Gasteiger partial charge in [0.1, 0.15) is 0 Å². The lowest BCUT2D eigenvalue weighted by molar-refractivity contribution is 1.64. The van der Waals surface area contributed by atoms with Gasteiger partial charge in [0.05, 0.1) is 0 Å².